The molecule has 2 aromatic carbocycles. The Morgan fingerprint density at radius 1 is 1.10 bits per heavy atom. The first-order valence-corrected chi connectivity index (χ1v) is 12.5. The van der Waals surface area contributed by atoms with Gasteiger partial charge in [0.25, 0.3) is 5.56 Å². The van der Waals surface area contributed by atoms with E-state index in [-0.39, 0.29) is 21.5 Å². The summed E-state index contributed by atoms with van der Waals surface area (Å²) >= 11 is 1.67. The monoisotopic (exact) mass is 446 g/mol. The van der Waals surface area contributed by atoms with Gasteiger partial charge >= 0.3 is 0 Å². The molecule has 8 heteroatoms. The second kappa shape index (κ2) is 9.14. The van der Waals surface area contributed by atoms with E-state index in [0.29, 0.717) is 16.8 Å². The molecule has 0 amide bonds. The van der Waals surface area contributed by atoms with Crippen molar-refractivity contribution in [1.29, 1.82) is 0 Å². The predicted octanol–water partition coefficient (Wildman–Crippen LogP) is 4.65. The molecule has 0 fully saturated rings. The molecule has 1 aromatic heterocycles. The Morgan fingerprint density at radius 2 is 1.73 bits per heavy atom. The Morgan fingerprint density at radius 3 is 2.30 bits per heavy atom. The molecule has 0 aliphatic carbocycles. The Bertz CT molecular complexity index is 1190. The number of hydrogen-bond donors (Lipinski definition) is 0. The van der Waals surface area contributed by atoms with E-state index < -0.39 is 9.84 Å². The van der Waals surface area contributed by atoms with E-state index in [1.165, 1.54) is 41.1 Å². The highest BCUT2D eigenvalue weighted by atomic mass is 32.2. The molecule has 0 radical (unpaired) electrons. The van der Waals surface area contributed by atoms with Gasteiger partial charge in [-0.15, -0.1) is 0 Å². The van der Waals surface area contributed by atoms with Crippen LogP contribution in [0, 0.1) is 5.82 Å². The van der Waals surface area contributed by atoms with E-state index in [1.807, 2.05) is 6.92 Å². The van der Waals surface area contributed by atoms with Gasteiger partial charge in [0.2, 0.25) is 0 Å². The van der Waals surface area contributed by atoms with Crippen LogP contribution >= 0.6 is 11.8 Å². The average molecular weight is 447 g/mol. The second-order valence-corrected chi connectivity index (χ2v) is 10.4. The highest BCUT2D eigenvalue weighted by Crippen LogP contribution is 2.34. The minimum atomic E-state index is -3.31. The van der Waals surface area contributed by atoms with E-state index in [9.17, 15) is 17.6 Å². The SMILES string of the molecule is CCCSC(C)c1c(-c2ccc(S(C)(=O)=O)cc2)cnn(-c2ccc(F)cc2)c1=O. The Kier molecular flexibility index (Phi) is 6.77. The zero-order valence-electron chi connectivity index (χ0n) is 17.0. The summed E-state index contributed by atoms with van der Waals surface area (Å²) in [5.41, 5.74) is 2.17. The van der Waals surface area contributed by atoms with Gasteiger partial charge in [-0.3, -0.25) is 4.79 Å². The fraction of sp³-hybridized carbons (Fsp3) is 0.273. The van der Waals surface area contributed by atoms with Gasteiger partial charge < -0.3 is 0 Å². The van der Waals surface area contributed by atoms with Gasteiger partial charge in [0.1, 0.15) is 5.82 Å². The van der Waals surface area contributed by atoms with Crippen molar-refractivity contribution < 1.29 is 12.8 Å². The lowest BCUT2D eigenvalue weighted by Crippen LogP contribution is -2.26. The minimum absolute atomic E-state index is 0.100. The van der Waals surface area contributed by atoms with E-state index in [0.717, 1.165) is 24.0 Å². The molecule has 30 heavy (non-hydrogen) atoms. The first kappa shape index (κ1) is 22.2. The molecule has 1 unspecified atom stereocenters. The van der Waals surface area contributed by atoms with Crippen molar-refractivity contribution in [2.24, 2.45) is 0 Å². The molecule has 0 saturated carbocycles. The van der Waals surface area contributed by atoms with Crippen LogP contribution in [0.2, 0.25) is 0 Å². The first-order valence-electron chi connectivity index (χ1n) is 9.52. The molecule has 0 aliphatic heterocycles. The van der Waals surface area contributed by atoms with Crippen molar-refractivity contribution in [2.45, 2.75) is 30.4 Å². The summed E-state index contributed by atoms with van der Waals surface area (Å²) in [6.45, 7) is 4.05. The Hall–Kier alpha value is -2.45. The molecular weight excluding hydrogens is 423 g/mol. The standard InChI is InChI=1S/C22H23FN2O3S2/c1-4-13-29-15(2)21-20(16-5-11-19(12-6-16)30(3,27)28)14-24-25(22(21)26)18-9-7-17(23)8-10-18/h5-12,14-15H,4,13H2,1-3H3. The maximum Gasteiger partial charge on any atom is 0.276 e. The normalized spacial score (nSPS) is 12.7. The third kappa shape index (κ3) is 4.82. The van der Waals surface area contributed by atoms with Crippen LogP contribution in [0.1, 0.15) is 31.1 Å². The summed E-state index contributed by atoms with van der Waals surface area (Å²) in [7, 11) is -3.31. The molecule has 0 bridgehead atoms. The lowest BCUT2D eigenvalue weighted by molar-refractivity contribution is 0.602. The lowest BCUT2D eigenvalue weighted by Gasteiger charge is -2.17. The molecule has 1 heterocycles. The molecule has 0 N–H and O–H groups in total. The van der Waals surface area contributed by atoms with Gasteiger partial charge in [0, 0.05) is 22.6 Å². The highest BCUT2D eigenvalue weighted by Gasteiger charge is 2.20. The molecule has 1 atom stereocenters. The molecule has 158 valence electrons. The van der Waals surface area contributed by atoms with Crippen molar-refractivity contribution in [3.63, 3.8) is 0 Å². The van der Waals surface area contributed by atoms with Crippen molar-refractivity contribution >= 4 is 21.6 Å². The summed E-state index contributed by atoms with van der Waals surface area (Å²) in [6.07, 6.45) is 3.74. The van der Waals surface area contributed by atoms with Crippen molar-refractivity contribution in [3.05, 3.63) is 76.5 Å². The van der Waals surface area contributed by atoms with Crippen molar-refractivity contribution in [2.75, 3.05) is 12.0 Å². The number of halogens is 1. The van der Waals surface area contributed by atoms with Crippen LogP contribution in [0.15, 0.2) is 64.4 Å². The van der Waals surface area contributed by atoms with E-state index in [4.69, 9.17) is 0 Å². The molecule has 0 aliphatic rings. The van der Waals surface area contributed by atoms with Crippen molar-refractivity contribution in [1.82, 2.24) is 9.78 Å². The number of thioether (sulfide) groups is 1. The molecule has 0 saturated heterocycles. The fourth-order valence-corrected chi connectivity index (χ4v) is 4.73. The number of sulfone groups is 1. The Balaban J connectivity index is 2.16. The molecule has 3 aromatic rings. The van der Waals surface area contributed by atoms with Gasteiger partial charge in [-0.2, -0.15) is 21.5 Å². The van der Waals surface area contributed by atoms with Gasteiger partial charge in [0.15, 0.2) is 9.84 Å². The second-order valence-electron chi connectivity index (χ2n) is 6.97. The van der Waals surface area contributed by atoms with Crippen LogP contribution in [0.25, 0.3) is 16.8 Å². The van der Waals surface area contributed by atoms with E-state index >= 15 is 0 Å². The van der Waals surface area contributed by atoms with Crippen LogP contribution in [0.5, 0.6) is 0 Å². The summed E-state index contributed by atoms with van der Waals surface area (Å²) in [6, 6.07) is 12.0. The van der Waals surface area contributed by atoms with Gasteiger partial charge in [0.05, 0.1) is 16.8 Å². The number of nitrogens with zero attached hydrogens (tertiary/aromatic N) is 2. The van der Waals surface area contributed by atoms with Gasteiger partial charge in [-0.25, -0.2) is 12.8 Å². The highest BCUT2D eigenvalue weighted by molar-refractivity contribution is 7.99. The van der Waals surface area contributed by atoms with Crippen LogP contribution in [-0.4, -0.2) is 30.2 Å². The number of hydrogen-bond acceptors (Lipinski definition) is 5. The molecule has 5 nitrogen and oxygen atoms in total. The molecule has 0 spiro atoms. The van der Waals surface area contributed by atoms with Crippen molar-refractivity contribution in [3.8, 4) is 16.8 Å². The van der Waals surface area contributed by atoms with Crippen LogP contribution in [0.4, 0.5) is 4.39 Å². The van der Waals surface area contributed by atoms with E-state index in [2.05, 4.69) is 12.0 Å². The summed E-state index contributed by atoms with van der Waals surface area (Å²) in [5, 5.41) is 4.20. The van der Waals surface area contributed by atoms with Crippen LogP contribution in [-0.2, 0) is 9.84 Å². The molecular formula is C22H23FN2O3S2. The average Bonchev–Trinajstić information content (AvgIpc) is 2.72. The smallest absolute Gasteiger partial charge is 0.267 e. The molecule has 3 rings (SSSR count). The quantitative estimate of drug-likeness (QED) is 0.529. The van der Waals surface area contributed by atoms with E-state index in [1.54, 1.807) is 30.1 Å². The lowest BCUT2D eigenvalue weighted by atomic mass is 10.0. The predicted molar refractivity (Wildman–Crippen MR) is 120 cm³/mol. The third-order valence-corrected chi connectivity index (χ3v) is 7.17. The number of rotatable bonds is 7. The summed E-state index contributed by atoms with van der Waals surface area (Å²) < 4.78 is 38.1. The maximum atomic E-state index is 13.4. The largest absolute Gasteiger partial charge is 0.276 e. The fourth-order valence-electron chi connectivity index (χ4n) is 3.12. The zero-order chi connectivity index (χ0) is 21.9. The minimum Gasteiger partial charge on any atom is -0.267 e. The van der Waals surface area contributed by atoms with Gasteiger partial charge in [-0.05, 0) is 61.1 Å². The Labute approximate surface area is 179 Å². The zero-order valence-corrected chi connectivity index (χ0v) is 18.6. The summed E-state index contributed by atoms with van der Waals surface area (Å²) in [5.74, 6) is 0.507. The number of aromatic nitrogens is 2. The first-order chi connectivity index (χ1) is 14.2. The topological polar surface area (TPSA) is 69.0 Å². The van der Waals surface area contributed by atoms with Crippen LogP contribution in [0.3, 0.4) is 0 Å². The van der Waals surface area contributed by atoms with Crippen LogP contribution < -0.4 is 5.56 Å². The summed E-state index contributed by atoms with van der Waals surface area (Å²) in [4.78, 5) is 13.6. The number of benzene rings is 2. The van der Waals surface area contributed by atoms with Gasteiger partial charge in [-0.1, -0.05) is 19.1 Å². The maximum absolute atomic E-state index is 13.4. The third-order valence-electron chi connectivity index (χ3n) is 4.66.